The van der Waals surface area contributed by atoms with Crippen molar-refractivity contribution < 1.29 is 4.79 Å². The van der Waals surface area contributed by atoms with E-state index in [1.807, 2.05) is 34.7 Å². The predicted molar refractivity (Wildman–Crippen MR) is 98.5 cm³/mol. The predicted octanol–water partition coefficient (Wildman–Crippen LogP) is 1.71. The summed E-state index contributed by atoms with van der Waals surface area (Å²) in [4.78, 5) is 23.6. The van der Waals surface area contributed by atoms with E-state index in [2.05, 4.69) is 20.2 Å². The van der Waals surface area contributed by atoms with E-state index in [-0.39, 0.29) is 11.8 Å². The first-order chi connectivity index (χ1) is 12.7. The average Bonchev–Trinajstić information content (AvgIpc) is 3.28. The maximum absolute atomic E-state index is 12.7. The van der Waals surface area contributed by atoms with Crippen molar-refractivity contribution in [1.82, 2.24) is 29.6 Å². The van der Waals surface area contributed by atoms with Crippen LogP contribution in [0.5, 0.6) is 0 Å². The molecule has 0 aliphatic carbocycles. The Morgan fingerprint density at radius 3 is 3.15 bits per heavy atom. The molecule has 3 N–H and O–H groups in total. The molecule has 0 spiro atoms. The third kappa shape index (κ3) is 3.02. The summed E-state index contributed by atoms with van der Waals surface area (Å²) in [6, 6.07) is 3.95. The maximum atomic E-state index is 12.7. The second-order valence-corrected chi connectivity index (χ2v) is 6.75. The van der Waals surface area contributed by atoms with Crippen LogP contribution in [0.15, 0.2) is 24.5 Å². The van der Waals surface area contributed by atoms with E-state index < -0.39 is 0 Å². The van der Waals surface area contributed by atoms with Crippen LogP contribution in [0.4, 0.5) is 5.82 Å². The highest BCUT2D eigenvalue weighted by Gasteiger charge is 2.26. The lowest BCUT2D eigenvalue weighted by molar-refractivity contribution is -0.133. The summed E-state index contributed by atoms with van der Waals surface area (Å²) >= 11 is 0. The first-order valence-corrected chi connectivity index (χ1v) is 9.04. The van der Waals surface area contributed by atoms with Gasteiger partial charge in [-0.15, -0.1) is 0 Å². The van der Waals surface area contributed by atoms with Gasteiger partial charge in [-0.3, -0.25) is 9.89 Å². The average molecular weight is 353 g/mol. The molecule has 1 fully saturated rings. The summed E-state index contributed by atoms with van der Waals surface area (Å²) in [5, 5.41) is 7.74. The van der Waals surface area contributed by atoms with Crippen LogP contribution in [0.2, 0.25) is 0 Å². The van der Waals surface area contributed by atoms with Gasteiger partial charge in [0.25, 0.3) is 0 Å². The number of likely N-dealkylation sites (tertiary alicyclic amines) is 1. The van der Waals surface area contributed by atoms with Gasteiger partial charge in [-0.2, -0.15) is 5.10 Å². The SMILES string of the molecule is CCc1nccn1CC(=O)N1CCC[C@@H](c2ccc3c(N)[nH]nc3n2)C1. The molecule has 1 amide bonds. The molecule has 0 radical (unpaired) electrons. The van der Waals surface area contributed by atoms with E-state index in [0.29, 0.717) is 24.6 Å². The number of imidazole rings is 1. The van der Waals surface area contributed by atoms with Gasteiger partial charge in [-0.1, -0.05) is 6.92 Å². The van der Waals surface area contributed by atoms with Crippen LogP contribution >= 0.6 is 0 Å². The molecule has 136 valence electrons. The molecule has 1 saturated heterocycles. The van der Waals surface area contributed by atoms with Crippen molar-refractivity contribution in [3.8, 4) is 0 Å². The van der Waals surface area contributed by atoms with Crippen LogP contribution < -0.4 is 5.73 Å². The number of carbonyl (C=O) groups is 1. The highest BCUT2D eigenvalue weighted by Crippen LogP contribution is 2.28. The molecule has 3 aromatic rings. The van der Waals surface area contributed by atoms with Crippen LogP contribution in [0, 0.1) is 0 Å². The van der Waals surface area contributed by atoms with Crippen LogP contribution in [-0.2, 0) is 17.8 Å². The van der Waals surface area contributed by atoms with Crippen molar-refractivity contribution in [1.29, 1.82) is 0 Å². The van der Waals surface area contributed by atoms with E-state index in [0.717, 1.165) is 42.7 Å². The lowest BCUT2D eigenvalue weighted by atomic mass is 9.94. The van der Waals surface area contributed by atoms with Crippen molar-refractivity contribution in [2.75, 3.05) is 18.8 Å². The molecule has 0 aromatic carbocycles. The summed E-state index contributed by atoms with van der Waals surface area (Å²) in [5.41, 5.74) is 7.44. The number of nitrogens with two attached hydrogens (primary N) is 1. The number of nitrogen functional groups attached to an aromatic ring is 1. The van der Waals surface area contributed by atoms with Crippen molar-refractivity contribution in [3.63, 3.8) is 0 Å². The number of H-pyrrole nitrogens is 1. The molecule has 0 unspecified atom stereocenters. The molecule has 8 heteroatoms. The first-order valence-electron chi connectivity index (χ1n) is 9.04. The van der Waals surface area contributed by atoms with Gasteiger partial charge < -0.3 is 15.2 Å². The summed E-state index contributed by atoms with van der Waals surface area (Å²) in [6.45, 7) is 3.87. The van der Waals surface area contributed by atoms with Crippen LogP contribution in [0.25, 0.3) is 11.0 Å². The van der Waals surface area contributed by atoms with Gasteiger partial charge in [0.15, 0.2) is 5.65 Å². The quantitative estimate of drug-likeness (QED) is 0.743. The Labute approximate surface area is 151 Å². The van der Waals surface area contributed by atoms with E-state index >= 15 is 0 Å². The number of piperidine rings is 1. The molecule has 26 heavy (non-hydrogen) atoms. The maximum Gasteiger partial charge on any atom is 0.242 e. The number of fused-ring (bicyclic) bond motifs is 1. The lowest BCUT2D eigenvalue weighted by Crippen LogP contribution is -2.41. The Balaban J connectivity index is 1.48. The van der Waals surface area contributed by atoms with Gasteiger partial charge in [0.05, 0.1) is 5.39 Å². The zero-order valence-electron chi connectivity index (χ0n) is 14.9. The number of nitrogens with one attached hydrogen (secondary N) is 1. The Morgan fingerprint density at radius 1 is 1.42 bits per heavy atom. The molecule has 1 aliphatic rings. The van der Waals surface area contributed by atoms with Crippen LogP contribution in [0.1, 0.15) is 37.2 Å². The van der Waals surface area contributed by atoms with Crippen molar-refractivity contribution in [2.45, 2.75) is 38.6 Å². The number of amides is 1. The minimum atomic E-state index is 0.132. The Hall–Kier alpha value is -2.90. The Morgan fingerprint density at radius 2 is 2.31 bits per heavy atom. The summed E-state index contributed by atoms with van der Waals surface area (Å²) in [6.07, 6.45) is 6.44. The molecular weight excluding hydrogens is 330 g/mol. The minimum Gasteiger partial charge on any atom is -0.384 e. The van der Waals surface area contributed by atoms with Crippen molar-refractivity contribution in [3.05, 3.63) is 36.0 Å². The number of aryl methyl sites for hydroxylation is 1. The second-order valence-electron chi connectivity index (χ2n) is 6.75. The number of aromatic nitrogens is 5. The van der Waals surface area contributed by atoms with E-state index in [1.54, 1.807) is 6.20 Å². The Bertz CT molecular complexity index is 929. The van der Waals surface area contributed by atoms with Crippen molar-refractivity contribution in [2.24, 2.45) is 0 Å². The number of carbonyl (C=O) groups excluding carboxylic acids is 1. The van der Waals surface area contributed by atoms with Crippen LogP contribution in [0.3, 0.4) is 0 Å². The standard InChI is InChI=1S/C18H23N7O/c1-2-15-20-7-9-24(15)11-16(26)25-8-3-4-12(10-25)14-6-5-13-17(19)22-23-18(13)21-14/h5-7,9,12H,2-4,8,10-11H2,1H3,(H3,19,21,22,23)/t12-/m1/s1. The summed E-state index contributed by atoms with van der Waals surface area (Å²) in [5.74, 6) is 1.83. The van der Waals surface area contributed by atoms with Gasteiger partial charge in [0, 0.05) is 43.5 Å². The van der Waals surface area contributed by atoms with Gasteiger partial charge >= 0.3 is 0 Å². The minimum absolute atomic E-state index is 0.132. The zero-order valence-corrected chi connectivity index (χ0v) is 14.9. The fourth-order valence-corrected chi connectivity index (χ4v) is 3.65. The topological polar surface area (TPSA) is 106 Å². The third-order valence-corrected chi connectivity index (χ3v) is 5.09. The van der Waals surface area contributed by atoms with E-state index in [1.165, 1.54) is 0 Å². The number of nitrogens with zero attached hydrogens (tertiary/aromatic N) is 5. The highest BCUT2D eigenvalue weighted by molar-refractivity contribution is 5.85. The van der Waals surface area contributed by atoms with E-state index in [9.17, 15) is 4.79 Å². The Kier molecular flexibility index (Phi) is 4.32. The molecule has 1 atom stereocenters. The summed E-state index contributed by atoms with van der Waals surface area (Å²) < 4.78 is 1.93. The number of pyridine rings is 1. The fourth-order valence-electron chi connectivity index (χ4n) is 3.65. The molecule has 4 rings (SSSR count). The fraction of sp³-hybridized carbons (Fsp3) is 0.444. The lowest BCUT2D eigenvalue weighted by Gasteiger charge is -2.32. The number of aromatic amines is 1. The summed E-state index contributed by atoms with van der Waals surface area (Å²) in [7, 11) is 0. The normalized spacial score (nSPS) is 17.7. The molecular formula is C18H23N7O. The first kappa shape index (κ1) is 16.6. The van der Waals surface area contributed by atoms with Gasteiger partial charge in [0.1, 0.15) is 18.2 Å². The molecule has 8 nitrogen and oxygen atoms in total. The van der Waals surface area contributed by atoms with Gasteiger partial charge in [0.2, 0.25) is 5.91 Å². The van der Waals surface area contributed by atoms with Gasteiger partial charge in [-0.05, 0) is 25.0 Å². The van der Waals surface area contributed by atoms with E-state index in [4.69, 9.17) is 5.73 Å². The third-order valence-electron chi connectivity index (χ3n) is 5.09. The monoisotopic (exact) mass is 353 g/mol. The highest BCUT2D eigenvalue weighted by atomic mass is 16.2. The molecule has 0 bridgehead atoms. The van der Waals surface area contributed by atoms with Crippen LogP contribution in [-0.4, -0.2) is 48.6 Å². The molecule has 3 aromatic heterocycles. The number of anilines is 1. The zero-order chi connectivity index (χ0) is 18.1. The van der Waals surface area contributed by atoms with Gasteiger partial charge in [-0.25, -0.2) is 9.97 Å². The smallest absolute Gasteiger partial charge is 0.242 e. The molecule has 1 aliphatic heterocycles. The second kappa shape index (κ2) is 6.78. The van der Waals surface area contributed by atoms with Crippen molar-refractivity contribution >= 4 is 22.8 Å². The number of hydrogen-bond acceptors (Lipinski definition) is 5. The number of hydrogen-bond donors (Lipinski definition) is 2. The molecule has 0 saturated carbocycles. The molecule has 4 heterocycles. The largest absolute Gasteiger partial charge is 0.384 e. The number of rotatable bonds is 4.